The van der Waals surface area contributed by atoms with E-state index in [9.17, 15) is 0 Å². The molecule has 28 heavy (non-hydrogen) atoms. The van der Waals surface area contributed by atoms with E-state index >= 15 is 0 Å². The molecule has 0 aromatic heterocycles. The van der Waals surface area contributed by atoms with E-state index in [1.54, 1.807) is 0 Å². The standard InChI is InChI=1S/C26H32O2/c1-5-11-23-18-16-20-21-17(22(16)13-9-10-14-22)19(18)24(23,12-6-2)26(21,27-15-7-3)28-25(20,23)8-4/h5-8,16-21H,1-4,9-15H2/t16?,17?,18?,19?,20?,21?,23-,24+,25-,26+/m0/s1. The van der Waals surface area contributed by atoms with Gasteiger partial charge in [-0.15, -0.1) is 26.3 Å². The summed E-state index contributed by atoms with van der Waals surface area (Å²) in [4.78, 5) is 0. The number of rotatable bonds is 8. The highest BCUT2D eigenvalue weighted by Crippen LogP contribution is 3.06. The minimum absolute atomic E-state index is 0.0461. The lowest BCUT2D eigenvalue weighted by Gasteiger charge is -2.66. The van der Waals surface area contributed by atoms with Crippen LogP contribution < -0.4 is 0 Å². The normalized spacial score (nSPS) is 61.4. The van der Waals surface area contributed by atoms with Crippen LogP contribution in [0.15, 0.2) is 50.6 Å². The Bertz CT molecular complexity index is 837. The first-order valence-electron chi connectivity index (χ1n) is 11.4. The molecule has 8 fully saturated rings. The maximum absolute atomic E-state index is 7.23. The highest BCUT2D eigenvalue weighted by Gasteiger charge is 3.09. The van der Waals surface area contributed by atoms with Crippen LogP contribution in [0.1, 0.15) is 38.5 Å². The summed E-state index contributed by atoms with van der Waals surface area (Å²) < 4.78 is 14.0. The lowest BCUT2D eigenvalue weighted by Crippen LogP contribution is -2.70. The molecule has 2 saturated heterocycles. The van der Waals surface area contributed by atoms with E-state index in [4.69, 9.17) is 9.47 Å². The molecular formula is C26H32O2. The first kappa shape index (κ1) is 16.7. The Labute approximate surface area is 168 Å². The first-order chi connectivity index (χ1) is 13.6. The third-order valence-corrected chi connectivity index (χ3v) is 11.3. The SMILES string of the molecule is C=CCO[C@@]12O[C@@]3(C=C)C4C5C6C(C(C41)C51CCCC1)[C@]2(CC=C)[C@]63CC=C. The van der Waals surface area contributed by atoms with E-state index in [2.05, 4.69) is 44.5 Å². The van der Waals surface area contributed by atoms with Gasteiger partial charge in [0.05, 0.1) is 12.2 Å². The van der Waals surface area contributed by atoms with E-state index in [0.29, 0.717) is 23.9 Å². The second-order valence-corrected chi connectivity index (χ2v) is 10.9. The topological polar surface area (TPSA) is 18.5 Å². The van der Waals surface area contributed by atoms with Crippen molar-refractivity contribution in [3.05, 3.63) is 50.6 Å². The Balaban J connectivity index is 1.55. The van der Waals surface area contributed by atoms with Gasteiger partial charge in [-0.1, -0.05) is 37.1 Å². The van der Waals surface area contributed by atoms with Gasteiger partial charge in [-0.3, -0.25) is 0 Å². The molecule has 2 aliphatic heterocycles. The van der Waals surface area contributed by atoms with Gasteiger partial charge in [0.1, 0.15) is 0 Å². The number of hydrogen-bond donors (Lipinski definition) is 0. The van der Waals surface area contributed by atoms with Crippen molar-refractivity contribution in [1.82, 2.24) is 0 Å². The molecular weight excluding hydrogens is 344 g/mol. The number of hydrogen-bond acceptors (Lipinski definition) is 2. The van der Waals surface area contributed by atoms with Gasteiger partial charge in [0.25, 0.3) is 0 Å². The van der Waals surface area contributed by atoms with Crippen molar-refractivity contribution in [2.24, 2.45) is 51.8 Å². The van der Waals surface area contributed by atoms with Crippen LogP contribution in [0.4, 0.5) is 0 Å². The van der Waals surface area contributed by atoms with Crippen LogP contribution in [0.2, 0.25) is 0 Å². The van der Waals surface area contributed by atoms with Crippen molar-refractivity contribution in [3.8, 4) is 0 Å². The summed E-state index contributed by atoms with van der Waals surface area (Å²) in [6.45, 7) is 17.3. The van der Waals surface area contributed by atoms with Crippen molar-refractivity contribution in [2.45, 2.75) is 49.9 Å². The third-order valence-electron chi connectivity index (χ3n) is 11.3. The zero-order chi connectivity index (χ0) is 19.2. The second kappa shape index (κ2) is 4.47. The van der Waals surface area contributed by atoms with Crippen LogP contribution >= 0.6 is 0 Å². The van der Waals surface area contributed by atoms with Crippen LogP contribution in [-0.4, -0.2) is 18.0 Å². The van der Waals surface area contributed by atoms with Gasteiger partial charge in [0.15, 0.2) is 5.79 Å². The van der Waals surface area contributed by atoms with Crippen molar-refractivity contribution >= 4 is 0 Å². The molecule has 10 atom stereocenters. The van der Waals surface area contributed by atoms with Crippen LogP contribution in [0, 0.1) is 51.8 Å². The fourth-order valence-electron chi connectivity index (χ4n) is 11.9. The van der Waals surface area contributed by atoms with Crippen LogP contribution in [0.3, 0.4) is 0 Å². The van der Waals surface area contributed by atoms with Gasteiger partial charge in [-0.25, -0.2) is 0 Å². The van der Waals surface area contributed by atoms with Crippen molar-refractivity contribution in [1.29, 1.82) is 0 Å². The fraction of sp³-hybridized carbons (Fsp3) is 0.692. The van der Waals surface area contributed by atoms with Crippen molar-refractivity contribution in [3.63, 3.8) is 0 Å². The second-order valence-electron chi connectivity index (χ2n) is 10.9. The summed E-state index contributed by atoms with van der Waals surface area (Å²) in [7, 11) is 0. The monoisotopic (exact) mass is 376 g/mol. The molecule has 0 aromatic carbocycles. The summed E-state index contributed by atoms with van der Waals surface area (Å²) in [5.74, 6) is 3.76. The summed E-state index contributed by atoms with van der Waals surface area (Å²) in [6.07, 6.45) is 16.2. The predicted molar refractivity (Wildman–Crippen MR) is 109 cm³/mol. The molecule has 2 heteroatoms. The van der Waals surface area contributed by atoms with Gasteiger partial charge in [0.2, 0.25) is 0 Å². The minimum Gasteiger partial charge on any atom is -0.345 e. The lowest BCUT2D eigenvalue weighted by atomic mass is 9.35. The molecule has 0 N–H and O–H groups in total. The molecule has 4 bridgehead atoms. The Kier molecular flexibility index (Phi) is 2.66. The van der Waals surface area contributed by atoms with Gasteiger partial charge in [0, 0.05) is 22.7 Å². The molecule has 6 saturated carbocycles. The first-order valence-corrected chi connectivity index (χ1v) is 11.4. The summed E-state index contributed by atoms with van der Waals surface area (Å²) in [6, 6.07) is 0. The Morgan fingerprint density at radius 1 is 0.786 bits per heavy atom. The average Bonchev–Trinajstić information content (AvgIpc) is 3.45. The lowest BCUT2D eigenvalue weighted by molar-refractivity contribution is -0.286. The molecule has 6 aliphatic carbocycles. The molecule has 0 amide bonds. The number of ether oxygens (including phenoxy) is 2. The van der Waals surface area contributed by atoms with Gasteiger partial charge in [-0.05, 0) is 54.8 Å². The molecule has 6 unspecified atom stereocenters. The predicted octanol–water partition coefficient (Wildman–Crippen LogP) is 5.29. The zero-order valence-electron chi connectivity index (χ0n) is 16.9. The average molecular weight is 377 g/mol. The molecule has 0 radical (unpaired) electrons. The van der Waals surface area contributed by atoms with E-state index in [1.165, 1.54) is 25.7 Å². The largest absolute Gasteiger partial charge is 0.345 e. The van der Waals surface area contributed by atoms with Crippen LogP contribution in [-0.2, 0) is 9.47 Å². The molecule has 0 aromatic rings. The Hall–Kier alpha value is -1.12. The highest BCUT2D eigenvalue weighted by molar-refractivity contribution is 5.56. The summed E-state index contributed by atoms with van der Waals surface area (Å²) in [5.41, 5.74) is 0.469. The van der Waals surface area contributed by atoms with Gasteiger partial charge < -0.3 is 9.47 Å². The van der Waals surface area contributed by atoms with Crippen molar-refractivity contribution in [2.75, 3.05) is 6.61 Å². The minimum atomic E-state index is -0.468. The molecule has 1 spiro atoms. The van der Waals surface area contributed by atoms with E-state index < -0.39 is 5.79 Å². The highest BCUT2D eigenvalue weighted by atomic mass is 16.7. The summed E-state index contributed by atoms with van der Waals surface area (Å²) >= 11 is 0. The van der Waals surface area contributed by atoms with E-state index in [0.717, 1.165) is 36.5 Å². The molecule has 2 heterocycles. The summed E-state index contributed by atoms with van der Waals surface area (Å²) in [5, 5.41) is 0. The maximum Gasteiger partial charge on any atom is 0.180 e. The van der Waals surface area contributed by atoms with E-state index in [1.807, 2.05) is 6.08 Å². The molecule has 8 rings (SSSR count). The molecule has 2 nitrogen and oxygen atoms in total. The van der Waals surface area contributed by atoms with Crippen LogP contribution in [0.5, 0.6) is 0 Å². The van der Waals surface area contributed by atoms with E-state index in [-0.39, 0.29) is 16.4 Å². The van der Waals surface area contributed by atoms with Crippen molar-refractivity contribution < 1.29 is 9.47 Å². The third kappa shape index (κ3) is 1.04. The smallest absolute Gasteiger partial charge is 0.180 e. The number of allylic oxidation sites excluding steroid dienone is 2. The quantitative estimate of drug-likeness (QED) is 0.536. The fourth-order valence-corrected chi connectivity index (χ4v) is 11.9. The Morgan fingerprint density at radius 2 is 1.43 bits per heavy atom. The Morgan fingerprint density at radius 3 is 2.07 bits per heavy atom. The maximum atomic E-state index is 7.23. The van der Waals surface area contributed by atoms with Crippen LogP contribution in [0.25, 0.3) is 0 Å². The van der Waals surface area contributed by atoms with Gasteiger partial charge >= 0.3 is 0 Å². The molecule has 148 valence electrons. The molecule has 8 aliphatic rings. The zero-order valence-corrected chi connectivity index (χ0v) is 16.9. The van der Waals surface area contributed by atoms with Gasteiger partial charge in [-0.2, -0.15) is 0 Å².